The minimum Gasteiger partial charge on any atom is -0.387 e. The fraction of sp³-hybridized carbons (Fsp3) is 1.00. The zero-order valence-electron chi connectivity index (χ0n) is 8.06. The molecule has 1 heterocycles. The summed E-state index contributed by atoms with van der Waals surface area (Å²) in [5.41, 5.74) is 0. The molecule has 90 valence electrons. The smallest absolute Gasteiger partial charge is 0.184 e. The number of hydrogen-bond donors (Lipinski definition) is 5. The topological polar surface area (TPSA) is 99.4 Å². The van der Waals surface area contributed by atoms with E-state index in [1.54, 1.807) is 0 Å². The largest absolute Gasteiger partial charge is 0.387 e. The number of rotatable bonds is 4. The van der Waals surface area contributed by atoms with E-state index in [-0.39, 0.29) is 6.61 Å². The van der Waals surface area contributed by atoms with Crippen molar-refractivity contribution in [1.29, 1.82) is 0 Å². The predicted molar refractivity (Wildman–Crippen MR) is 53.6 cm³/mol. The zero-order valence-corrected chi connectivity index (χ0v) is 8.96. The van der Waals surface area contributed by atoms with Gasteiger partial charge < -0.3 is 29.9 Å². The van der Waals surface area contributed by atoms with E-state index in [0.29, 0.717) is 12.4 Å². The van der Waals surface area contributed by atoms with Crippen LogP contribution in [0.5, 0.6) is 0 Å². The maximum Gasteiger partial charge on any atom is 0.184 e. The van der Waals surface area contributed by atoms with Crippen molar-refractivity contribution >= 4 is 12.6 Å². The number of aliphatic hydroxyl groups excluding tert-OH is 4. The van der Waals surface area contributed by atoms with E-state index in [4.69, 9.17) is 14.6 Å². The van der Waals surface area contributed by atoms with E-state index in [2.05, 4.69) is 12.6 Å². The summed E-state index contributed by atoms with van der Waals surface area (Å²) < 4.78 is 9.93. The van der Waals surface area contributed by atoms with Gasteiger partial charge in [0.1, 0.15) is 24.4 Å². The molecule has 5 atom stereocenters. The van der Waals surface area contributed by atoms with Crippen LogP contribution < -0.4 is 0 Å². The Morgan fingerprint density at radius 2 is 1.73 bits per heavy atom. The van der Waals surface area contributed by atoms with Gasteiger partial charge in [-0.15, -0.1) is 0 Å². The van der Waals surface area contributed by atoms with E-state index in [9.17, 15) is 15.3 Å². The monoisotopic (exact) mass is 240 g/mol. The van der Waals surface area contributed by atoms with Gasteiger partial charge in [-0.2, -0.15) is 12.6 Å². The highest BCUT2D eigenvalue weighted by atomic mass is 32.1. The molecule has 0 bridgehead atoms. The Kier molecular flexibility index (Phi) is 5.27. The Labute approximate surface area is 92.8 Å². The lowest BCUT2D eigenvalue weighted by atomic mass is 9.99. The summed E-state index contributed by atoms with van der Waals surface area (Å²) in [5.74, 6) is 0.524. The fourth-order valence-electron chi connectivity index (χ4n) is 1.33. The van der Waals surface area contributed by atoms with Crippen LogP contribution in [0.15, 0.2) is 0 Å². The van der Waals surface area contributed by atoms with Gasteiger partial charge in [-0.05, 0) is 0 Å². The zero-order chi connectivity index (χ0) is 11.4. The second-order valence-corrected chi connectivity index (χ2v) is 3.78. The molecule has 0 saturated carbocycles. The molecule has 15 heavy (non-hydrogen) atoms. The van der Waals surface area contributed by atoms with Crippen LogP contribution in [-0.4, -0.2) is 70.1 Å². The molecule has 0 aromatic carbocycles. The highest BCUT2D eigenvalue weighted by Crippen LogP contribution is 2.19. The first-order chi connectivity index (χ1) is 7.07. The number of hydrogen-bond acceptors (Lipinski definition) is 7. The summed E-state index contributed by atoms with van der Waals surface area (Å²) in [6.07, 6.45) is -6.56. The molecule has 0 spiro atoms. The van der Waals surface area contributed by atoms with Gasteiger partial charge >= 0.3 is 0 Å². The summed E-state index contributed by atoms with van der Waals surface area (Å²) in [6.45, 7) is 0.410. The minimum atomic E-state index is -1.51. The highest BCUT2D eigenvalue weighted by molar-refractivity contribution is 7.80. The van der Waals surface area contributed by atoms with Crippen molar-refractivity contribution in [2.75, 3.05) is 19.0 Å². The third-order valence-electron chi connectivity index (χ3n) is 2.20. The molecule has 1 aliphatic heterocycles. The molecule has 2 unspecified atom stereocenters. The van der Waals surface area contributed by atoms with E-state index < -0.39 is 30.7 Å². The van der Waals surface area contributed by atoms with E-state index in [0.717, 1.165) is 0 Å². The Bertz CT molecular complexity index is 192. The predicted octanol–water partition coefficient (Wildman–Crippen LogP) is -2.27. The minimum absolute atomic E-state index is 0.0303. The quantitative estimate of drug-likeness (QED) is 0.281. The third kappa shape index (κ3) is 3.28. The molecule has 0 aliphatic carbocycles. The summed E-state index contributed by atoms with van der Waals surface area (Å²) in [4.78, 5) is 0. The first-order valence-electron chi connectivity index (χ1n) is 4.64. The van der Waals surface area contributed by atoms with Crippen molar-refractivity contribution < 1.29 is 29.9 Å². The van der Waals surface area contributed by atoms with Crippen LogP contribution in [0.25, 0.3) is 0 Å². The highest BCUT2D eigenvalue weighted by Gasteiger charge is 2.42. The van der Waals surface area contributed by atoms with Gasteiger partial charge in [0, 0.05) is 5.75 Å². The molecule has 1 fully saturated rings. The van der Waals surface area contributed by atoms with Gasteiger partial charge in [0.2, 0.25) is 0 Å². The van der Waals surface area contributed by atoms with E-state index in [1.165, 1.54) is 0 Å². The molecule has 1 rings (SSSR count). The van der Waals surface area contributed by atoms with Gasteiger partial charge in [0.25, 0.3) is 0 Å². The standard InChI is InChI=1S/C8H16O6S/c9-5-4(3-13-1-2-15)14-8(12)7(11)6(5)10/h4-12,15H,1-3H2/t4-,5+,6?,7+,8?/m1/s1. The van der Waals surface area contributed by atoms with Crippen LogP contribution in [0, 0.1) is 0 Å². The maximum absolute atomic E-state index is 9.48. The molecule has 0 radical (unpaired) electrons. The molecule has 0 aromatic rings. The summed E-state index contributed by atoms with van der Waals surface area (Å²) in [5, 5.41) is 37.2. The second kappa shape index (κ2) is 6.00. The van der Waals surface area contributed by atoms with Crippen LogP contribution in [0.3, 0.4) is 0 Å². The summed E-state index contributed by atoms with van der Waals surface area (Å²) >= 11 is 3.92. The summed E-state index contributed by atoms with van der Waals surface area (Å²) in [6, 6.07) is 0. The van der Waals surface area contributed by atoms with Gasteiger partial charge in [-0.3, -0.25) is 0 Å². The average Bonchev–Trinajstić information content (AvgIpc) is 2.23. The molecule has 1 aliphatic rings. The SMILES string of the molecule is OC1O[C@H](COCCS)[C@H](O)C(O)[C@@H]1O. The molecular formula is C8H16O6S. The van der Waals surface area contributed by atoms with Gasteiger partial charge in [-0.25, -0.2) is 0 Å². The van der Waals surface area contributed by atoms with Gasteiger partial charge in [0.15, 0.2) is 6.29 Å². The number of ether oxygens (including phenoxy) is 2. The number of aliphatic hydroxyl groups is 4. The molecule has 7 heteroatoms. The molecule has 6 nitrogen and oxygen atoms in total. The van der Waals surface area contributed by atoms with Crippen LogP contribution in [0.4, 0.5) is 0 Å². The van der Waals surface area contributed by atoms with Crippen molar-refractivity contribution in [3.63, 3.8) is 0 Å². The normalized spacial score (nSPS) is 41.8. The van der Waals surface area contributed by atoms with Crippen molar-refractivity contribution in [3.8, 4) is 0 Å². The average molecular weight is 240 g/mol. The summed E-state index contributed by atoms with van der Waals surface area (Å²) in [7, 11) is 0. The van der Waals surface area contributed by atoms with Crippen LogP contribution in [-0.2, 0) is 9.47 Å². The molecule has 1 saturated heterocycles. The van der Waals surface area contributed by atoms with Crippen molar-refractivity contribution in [3.05, 3.63) is 0 Å². The van der Waals surface area contributed by atoms with Crippen molar-refractivity contribution in [2.24, 2.45) is 0 Å². The van der Waals surface area contributed by atoms with Gasteiger partial charge in [0.05, 0.1) is 13.2 Å². The molecule has 0 amide bonds. The van der Waals surface area contributed by atoms with Crippen LogP contribution in [0.2, 0.25) is 0 Å². The Morgan fingerprint density at radius 1 is 1.07 bits per heavy atom. The molecule has 0 aromatic heterocycles. The lowest BCUT2D eigenvalue weighted by Gasteiger charge is -2.38. The van der Waals surface area contributed by atoms with Crippen LogP contribution in [0.1, 0.15) is 0 Å². The van der Waals surface area contributed by atoms with Crippen LogP contribution >= 0.6 is 12.6 Å². The van der Waals surface area contributed by atoms with Crippen molar-refractivity contribution in [1.82, 2.24) is 0 Å². The Hall–Kier alpha value is 0.110. The molecular weight excluding hydrogens is 224 g/mol. The first kappa shape index (κ1) is 13.2. The maximum atomic E-state index is 9.48. The van der Waals surface area contributed by atoms with Crippen molar-refractivity contribution in [2.45, 2.75) is 30.7 Å². The fourth-order valence-corrected chi connectivity index (χ4v) is 1.46. The van der Waals surface area contributed by atoms with Gasteiger partial charge in [-0.1, -0.05) is 0 Å². The Morgan fingerprint density at radius 3 is 2.33 bits per heavy atom. The van der Waals surface area contributed by atoms with E-state index in [1.807, 2.05) is 0 Å². The number of thiol groups is 1. The second-order valence-electron chi connectivity index (χ2n) is 3.34. The van der Waals surface area contributed by atoms with E-state index >= 15 is 0 Å². The lowest BCUT2D eigenvalue weighted by Crippen LogP contribution is -2.58. The molecule has 4 N–H and O–H groups in total. The lowest BCUT2D eigenvalue weighted by molar-refractivity contribution is -0.288. The Balaban J connectivity index is 2.43. The third-order valence-corrected chi connectivity index (χ3v) is 2.39. The first-order valence-corrected chi connectivity index (χ1v) is 5.27.